The van der Waals surface area contributed by atoms with Crippen LogP contribution in [0.5, 0.6) is 0 Å². The third-order valence-electron chi connectivity index (χ3n) is 5.64. The molecule has 150 valence electrons. The van der Waals surface area contributed by atoms with E-state index in [0.29, 0.717) is 23.8 Å². The predicted molar refractivity (Wildman–Crippen MR) is 105 cm³/mol. The zero-order chi connectivity index (χ0) is 19.2. The molecule has 3 heterocycles. The highest BCUT2D eigenvalue weighted by atomic mass is 16.3. The molecular weight excluding hydrogens is 344 g/mol. The third-order valence-corrected chi connectivity index (χ3v) is 5.64. The van der Waals surface area contributed by atoms with Gasteiger partial charge in [0.1, 0.15) is 0 Å². The molecule has 3 rings (SSSR count). The van der Waals surface area contributed by atoms with Gasteiger partial charge in [0.05, 0.1) is 17.9 Å². The maximum Gasteiger partial charge on any atom is 0.254 e. The number of hydrogen-bond acceptors (Lipinski definition) is 7. The molecule has 1 aromatic heterocycles. The minimum absolute atomic E-state index is 0.130. The topological polar surface area (TPSA) is 84.8 Å². The fraction of sp³-hybridized carbons (Fsp3) is 0.737. The number of nitrogens with zero attached hydrogens (tertiary/aromatic N) is 5. The van der Waals surface area contributed by atoms with Crippen molar-refractivity contribution in [3.63, 3.8) is 0 Å². The van der Waals surface area contributed by atoms with E-state index in [1.54, 1.807) is 6.20 Å². The Bertz CT molecular complexity index is 633. The molecular formula is C19H32N6O2. The van der Waals surface area contributed by atoms with E-state index in [0.717, 1.165) is 52.1 Å². The number of carbonyl (C=O) groups excluding carboxylic acids is 1. The number of piperazine rings is 1. The van der Waals surface area contributed by atoms with Crippen molar-refractivity contribution in [2.75, 3.05) is 64.4 Å². The number of aliphatic hydroxyl groups excluding tert-OH is 1. The van der Waals surface area contributed by atoms with Gasteiger partial charge < -0.3 is 20.2 Å². The molecule has 2 saturated heterocycles. The number of rotatable bonds is 6. The van der Waals surface area contributed by atoms with E-state index in [2.05, 4.69) is 37.0 Å². The lowest BCUT2D eigenvalue weighted by atomic mass is 10.0. The van der Waals surface area contributed by atoms with Crippen LogP contribution >= 0.6 is 0 Å². The summed E-state index contributed by atoms with van der Waals surface area (Å²) in [6.07, 6.45) is 5.00. The summed E-state index contributed by atoms with van der Waals surface area (Å²) in [7, 11) is 2.11. The van der Waals surface area contributed by atoms with Crippen LogP contribution in [0.1, 0.15) is 35.3 Å². The first-order valence-electron chi connectivity index (χ1n) is 9.98. The molecule has 1 amide bonds. The van der Waals surface area contributed by atoms with Gasteiger partial charge in [0, 0.05) is 51.5 Å². The number of carbonyl (C=O) groups is 1. The Morgan fingerprint density at radius 2 is 2.04 bits per heavy atom. The van der Waals surface area contributed by atoms with Crippen molar-refractivity contribution in [2.24, 2.45) is 0 Å². The van der Waals surface area contributed by atoms with Crippen molar-refractivity contribution in [1.82, 2.24) is 25.1 Å². The van der Waals surface area contributed by atoms with E-state index >= 15 is 0 Å². The van der Waals surface area contributed by atoms with Gasteiger partial charge in [-0.1, -0.05) is 6.42 Å². The molecule has 27 heavy (non-hydrogen) atoms. The van der Waals surface area contributed by atoms with Crippen molar-refractivity contribution in [3.05, 3.63) is 17.5 Å². The van der Waals surface area contributed by atoms with Crippen LogP contribution in [0.25, 0.3) is 0 Å². The number of nitrogens with one attached hydrogen (secondary N) is 1. The molecule has 0 spiro atoms. The summed E-state index contributed by atoms with van der Waals surface area (Å²) in [6.45, 7) is 8.17. The van der Waals surface area contributed by atoms with E-state index in [1.165, 1.54) is 6.42 Å². The van der Waals surface area contributed by atoms with E-state index in [9.17, 15) is 9.90 Å². The lowest BCUT2D eigenvalue weighted by molar-refractivity contribution is 0.0848. The molecule has 0 aromatic carbocycles. The van der Waals surface area contributed by atoms with Crippen molar-refractivity contribution < 1.29 is 9.90 Å². The predicted octanol–water partition coefficient (Wildman–Crippen LogP) is 0.113. The van der Waals surface area contributed by atoms with Gasteiger partial charge in [0.25, 0.3) is 5.91 Å². The molecule has 8 nitrogen and oxygen atoms in total. The van der Waals surface area contributed by atoms with Gasteiger partial charge in [0.2, 0.25) is 5.95 Å². The summed E-state index contributed by atoms with van der Waals surface area (Å²) < 4.78 is 0. The van der Waals surface area contributed by atoms with E-state index in [1.807, 2.05) is 6.92 Å². The summed E-state index contributed by atoms with van der Waals surface area (Å²) in [6, 6.07) is 0.226. The van der Waals surface area contributed by atoms with Crippen LogP contribution in [0, 0.1) is 6.92 Å². The van der Waals surface area contributed by atoms with Crippen molar-refractivity contribution >= 4 is 11.9 Å². The highest BCUT2D eigenvalue weighted by Crippen LogP contribution is 2.16. The Morgan fingerprint density at radius 3 is 2.74 bits per heavy atom. The maximum atomic E-state index is 12.5. The minimum atomic E-state index is -0.130. The SMILES string of the molecule is Cc1nc(N2CCN(C)CC2)ncc1C(=O)NCCN1CCCCC1CO. The van der Waals surface area contributed by atoms with Crippen LogP contribution in [-0.4, -0.2) is 96.3 Å². The first kappa shape index (κ1) is 20.0. The van der Waals surface area contributed by atoms with Crippen molar-refractivity contribution in [3.8, 4) is 0 Å². The fourth-order valence-electron chi connectivity index (χ4n) is 3.81. The normalized spacial score (nSPS) is 22.0. The summed E-state index contributed by atoms with van der Waals surface area (Å²) in [5, 5.41) is 12.5. The smallest absolute Gasteiger partial charge is 0.254 e. The van der Waals surface area contributed by atoms with Crippen molar-refractivity contribution in [2.45, 2.75) is 32.2 Å². The standard InChI is InChI=1S/C19H32N6O2/c1-15-17(13-21-19(22-15)25-11-9-23(2)10-12-25)18(27)20-6-8-24-7-4-3-5-16(24)14-26/h13,16,26H,3-12,14H2,1-2H3,(H,20,27). The Hall–Kier alpha value is -1.77. The van der Waals surface area contributed by atoms with Gasteiger partial charge >= 0.3 is 0 Å². The number of aromatic nitrogens is 2. The number of hydrogen-bond donors (Lipinski definition) is 2. The van der Waals surface area contributed by atoms with Crippen molar-refractivity contribution in [1.29, 1.82) is 0 Å². The van der Waals surface area contributed by atoms with Crippen LogP contribution in [0.3, 0.4) is 0 Å². The number of amides is 1. The molecule has 2 fully saturated rings. The summed E-state index contributed by atoms with van der Waals surface area (Å²) >= 11 is 0. The second-order valence-corrected chi connectivity index (χ2v) is 7.58. The summed E-state index contributed by atoms with van der Waals surface area (Å²) in [5.74, 6) is 0.575. The number of likely N-dealkylation sites (N-methyl/N-ethyl adjacent to an activating group) is 1. The third kappa shape index (κ3) is 5.15. The summed E-state index contributed by atoms with van der Waals surface area (Å²) in [4.78, 5) is 28.2. The van der Waals surface area contributed by atoms with Crippen LogP contribution in [0.2, 0.25) is 0 Å². The zero-order valence-electron chi connectivity index (χ0n) is 16.5. The fourth-order valence-corrected chi connectivity index (χ4v) is 3.81. The molecule has 0 radical (unpaired) electrons. The molecule has 1 unspecified atom stereocenters. The molecule has 0 saturated carbocycles. The van der Waals surface area contributed by atoms with Gasteiger partial charge in [-0.3, -0.25) is 9.69 Å². The van der Waals surface area contributed by atoms with Gasteiger partial charge in [0.15, 0.2) is 0 Å². The monoisotopic (exact) mass is 376 g/mol. The Balaban J connectivity index is 1.52. The average molecular weight is 377 g/mol. The maximum absolute atomic E-state index is 12.5. The molecule has 0 aliphatic carbocycles. The van der Waals surface area contributed by atoms with Crippen LogP contribution < -0.4 is 10.2 Å². The average Bonchev–Trinajstić information content (AvgIpc) is 2.68. The highest BCUT2D eigenvalue weighted by molar-refractivity contribution is 5.94. The number of aliphatic hydroxyl groups is 1. The second kappa shape index (κ2) is 9.43. The second-order valence-electron chi connectivity index (χ2n) is 7.58. The van der Waals surface area contributed by atoms with Gasteiger partial charge in [-0.05, 0) is 33.4 Å². The van der Waals surface area contributed by atoms with E-state index in [-0.39, 0.29) is 18.6 Å². The summed E-state index contributed by atoms with van der Waals surface area (Å²) in [5.41, 5.74) is 1.24. The highest BCUT2D eigenvalue weighted by Gasteiger charge is 2.22. The first-order chi connectivity index (χ1) is 13.1. The number of likely N-dealkylation sites (tertiary alicyclic amines) is 1. The Kier molecular flexibility index (Phi) is 6.98. The lowest BCUT2D eigenvalue weighted by Gasteiger charge is -2.34. The van der Waals surface area contributed by atoms with E-state index < -0.39 is 0 Å². The molecule has 8 heteroatoms. The molecule has 1 aromatic rings. The van der Waals surface area contributed by atoms with E-state index in [4.69, 9.17) is 0 Å². The van der Waals surface area contributed by atoms with Crippen LogP contribution in [0.15, 0.2) is 6.20 Å². The Morgan fingerprint density at radius 1 is 1.26 bits per heavy atom. The van der Waals surface area contributed by atoms with Crippen LogP contribution in [-0.2, 0) is 0 Å². The van der Waals surface area contributed by atoms with Gasteiger partial charge in [-0.2, -0.15) is 0 Å². The quantitative estimate of drug-likeness (QED) is 0.729. The van der Waals surface area contributed by atoms with Crippen LogP contribution in [0.4, 0.5) is 5.95 Å². The molecule has 0 bridgehead atoms. The first-order valence-corrected chi connectivity index (χ1v) is 9.98. The molecule has 2 aliphatic heterocycles. The van der Waals surface area contributed by atoms with Gasteiger partial charge in [-0.25, -0.2) is 9.97 Å². The minimum Gasteiger partial charge on any atom is -0.395 e. The molecule has 2 aliphatic rings. The number of aryl methyl sites for hydroxylation is 1. The number of piperidine rings is 1. The van der Waals surface area contributed by atoms with Gasteiger partial charge in [-0.15, -0.1) is 0 Å². The molecule has 2 N–H and O–H groups in total. The number of anilines is 1. The zero-order valence-corrected chi connectivity index (χ0v) is 16.5. The largest absolute Gasteiger partial charge is 0.395 e. The molecule has 1 atom stereocenters. The lowest BCUT2D eigenvalue weighted by Crippen LogP contribution is -2.45. The Labute approximate surface area is 161 Å².